The molecule has 2 aliphatic rings. The third-order valence-electron chi connectivity index (χ3n) is 5.47. The summed E-state index contributed by atoms with van der Waals surface area (Å²) in [5.74, 6) is 0.209. The normalized spacial score (nSPS) is 46.6. The van der Waals surface area contributed by atoms with Gasteiger partial charge in [-0.15, -0.1) is 0 Å². The van der Waals surface area contributed by atoms with Crippen LogP contribution in [0.3, 0.4) is 0 Å². The van der Waals surface area contributed by atoms with E-state index in [9.17, 15) is 15.3 Å². The van der Waals surface area contributed by atoms with Crippen LogP contribution in [0.25, 0.3) is 0 Å². The Morgan fingerprint density at radius 1 is 1.39 bits per heavy atom. The third kappa shape index (κ3) is 2.02. The summed E-state index contributed by atoms with van der Waals surface area (Å²) in [7, 11) is 0. The van der Waals surface area contributed by atoms with Crippen molar-refractivity contribution in [2.24, 2.45) is 23.2 Å². The number of aliphatic hydroxyl groups excluding tert-OH is 3. The molecule has 0 aliphatic heterocycles. The topological polar surface area (TPSA) is 60.7 Å². The molecule has 2 saturated carbocycles. The lowest BCUT2D eigenvalue weighted by Crippen LogP contribution is -2.55. The Kier molecular flexibility index (Phi) is 3.86. The minimum absolute atomic E-state index is 0.0194. The highest BCUT2D eigenvalue weighted by Gasteiger charge is 2.53. The Balaban J connectivity index is 2.26. The summed E-state index contributed by atoms with van der Waals surface area (Å²) in [4.78, 5) is 0. The van der Waals surface area contributed by atoms with Gasteiger partial charge in [-0.2, -0.15) is 0 Å². The fourth-order valence-corrected chi connectivity index (χ4v) is 4.09. The molecule has 6 atom stereocenters. The van der Waals surface area contributed by atoms with E-state index in [2.05, 4.69) is 13.5 Å². The van der Waals surface area contributed by atoms with Gasteiger partial charge in [0.15, 0.2) is 0 Å². The molecular weight excluding hydrogens is 228 g/mol. The standard InChI is InChI=1S/C15H26O3/c1-9-4-5-12(17)15(3)7-6-11(10(2)8-16)14(18)13(9)15/h10-14,16-18H,1,4-8H2,2-3H3/t10-,11+,12-,13-,14+,15+/m1/s1. The molecule has 0 aromatic carbocycles. The molecule has 0 spiro atoms. The highest BCUT2D eigenvalue weighted by molar-refractivity contribution is 5.18. The van der Waals surface area contributed by atoms with E-state index in [0.29, 0.717) is 0 Å². The van der Waals surface area contributed by atoms with Crippen LogP contribution in [-0.4, -0.2) is 34.1 Å². The summed E-state index contributed by atoms with van der Waals surface area (Å²) in [5.41, 5.74) is 0.839. The van der Waals surface area contributed by atoms with E-state index in [-0.39, 0.29) is 35.9 Å². The van der Waals surface area contributed by atoms with E-state index in [4.69, 9.17) is 0 Å². The van der Waals surface area contributed by atoms with E-state index in [1.165, 1.54) is 0 Å². The Morgan fingerprint density at radius 2 is 2.06 bits per heavy atom. The van der Waals surface area contributed by atoms with E-state index < -0.39 is 6.10 Å². The van der Waals surface area contributed by atoms with Crippen molar-refractivity contribution in [2.45, 2.75) is 51.7 Å². The van der Waals surface area contributed by atoms with Gasteiger partial charge in [0.1, 0.15) is 0 Å². The quantitative estimate of drug-likeness (QED) is 0.658. The van der Waals surface area contributed by atoms with E-state index >= 15 is 0 Å². The third-order valence-corrected chi connectivity index (χ3v) is 5.47. The molecule has 3 N–H and O–H groups in total. The molecule has 3 heteroatoms. The average molecular weight is 254 g/mol. The van der Waals surface area contributed by atoms with Crippen molar-refractivity contribution in [3.63, 3.8) is 0 Å². The summed E-state index contributed by atoms with van der Waals surface area (Å²) in [6, 6.07) is 0. The zero-order valence-corrected chi connectivity index (χ0v) is 11.5. The molecule has 0 amide bonds. The molecule has 0 heterocycles. The van der Waals surface area contributed by atoms with Crippen molar-refractivity contribution in [3.8, 4) is 0 Å². The van der Waals surface area contributed by atoms with Crippen molar-refractivity contribution >= 4 is 0 Å². The van der Waals surface area contributed by atoms with Gasteiger partial charge in [0.05, 0.1) is 12.2 Å². The van der Waals surface area contributed by atoms with Crippen LogP contribution in [0.15, 0.2) is 12.2 Å². The van der Waals surface area contributed by atoms with Crippen LogP contribution in [0.1, 0.15) is 39.5 Å². The summed E-state index contributed by atoms with van der Waals surface area (Å²) in [6.07, 6.45) is 2.53. The molecule has 0 saturated heterocycles. The number of aliphatic hydroxyl groups is 3. The van der Waals surface area contributed by atoms with Crippen LogP contribution in [0.4, 0.5) is 0 Å². The maximum Gasteiger partial charge on any atom is 0.0643 e. The van der Waals surface area contributed by atoms with Crippen molar-refractivity contribution in [2.75, 3.05) is 6.61 Å². The van der Waals surface area contributed by atoms with Gasteiger partial charge in [0.25, 0.3) is 0 Å². The first-order chi connectivity index (χ1) is 8.41. The van der Waals surface area contributed by atoms with Crippen LogP contribution in [0.5, 0.6) is 0 Å². The first-order valence-corrected chi connectivity index (χ1v) is 7.06. The molecule has 0 aromatic heterocycles. The first-order valence-electron chi connectivity index (χ1n) is 7.06. The molecule has 3 nitrogen and oxygen atoms in total. The predicted octanol–water partition coefficient (Wildman–Crippen LogP) is 1.72. The molecule has 18 heavy (non-hydrogen) atoms. The predicted molar refractivity (Wildman–Crippen MR) is 71.0 cm³/mol. The Labute approximate surface area is 110 Å². The Morgan fingerprint density at radius 3 is 2.67 bits per heavy atom. The second kappa shape index (κ2) is 4.95. The summed E-state index contributed by atoms with van der Waals surface area (Å²) >= 11 is 0. The molecule has 0 aromatic rings. The number of rotatable bonds is 2. The van der Waals surface area contributed by atoms with Gasteiger partial charge in [0, 0.05) is 17.9 Å². The van der Waals surface area contributed by atoms with Gasteiger partial charge in [-0.1, -0.05) is 26.0 Å². The molecule has 104 valence electrons. The van der Waals surface area contributed by atoms with Crippen molar-refractivity contribution < 1.29 is 15.3 Å². The Bertz CT molecular complexity index is 328. The molecule has 2 fully saturated rings. The second-order valence-electron chi connectivity index (χ2n) is 6.55. The van der Waals surface area contributed by atoms with Gasteiger partial charge in [-0.3, -0.25) is 0 Å². The molecule has 0 radical (unpaired) electrons. The molecular formula is C15H26O3. The van der Waals surface area contributed by atoms with Crippen molar-refractivity contribution in [1.29, 1.82) is 0 Å². The Hall–Kier alpha value is -0.380. The summed E-state index contributed by atoms with van der Waals surface area (Å²) in [6.45, 7) is 8.29. The highest BCUT2D eigenvalue weighted by atomic mass is 16.3. The van der Waals surface area contributed by atoms with Crippen LogP contribution in [-0.2, 0) is 0 Å². The van der Waals surface area contributed by atoms with Gasteiger partial charge >= 0.3 is 0 Å². The fourth-order valence-electron chi connectivity index (χ4n) is 4.09. The van der Waals surface area contributed by atoms with Gasteiger partial charge in [0.2, 0.25) is 0 Å². The smallest absolute Gasteiger partial charge is 0.0643 e. The van der Waals surface area contributed by atoms with Crippen LogP contribution in [0, 0.1) is 23.2 Å². The maximum atomic E-state index is 10.6. The molecule has 0 unspecified atom stereocenters. The molecule has 0 bridgehead atoms. The SMILES string of the molecule is C=C1CC[C@@H](O)[C@]2(C)CC[C@@H]([C@H](C)CO)[C@H](O)[C@@H]12. The summed E-state index contributed by atoms with van der Waals surface area (Å²) < 4.78 is 0. The first kappa shape index (κ1) is 14.0. The van der Waals surface area contributed by atoms with Crippen molar-refractivity contribution in [3.05, 3.63) is 12.2 Å². The highest BCUT2D eigenvalue weighted by Crippen LogP contribution is 2.54. The zero-order chi connectivity index (χ0) is 13.5. The minimum atomic E-state index is -0.478. The van der Waals surface area contributed by atoms with Crippen molar-refractivity contribution in [1.82, 2.24) is 0 Å². The lowest BCUT2D eigenvalue weighted by Gasteiger charge is -2.54. The zero-order valence-electron chi connectivity index (χ0n) is 11.5. The van der Waals surface area contributed by atoms with E-state index in [1.54, 1.807) is 0 Å². The summed E-state index contributed by atoms with van der Waals surface area (Å²) in [5, 5.41) is 30.2. The number of hydrogen-bond donors (Lipinski definition) is 3. The lowest BCUT2D eigenvalue weighted by atomic mass is 9.53. The number of hydrogen-bond acceptors (Lipinski definition) is 3. The van der Waals surface area contributed by atoms with Gasteiger partial charge in [-0.05, 0) is 37.5 Å². The average Bonchev–Trinajstić information content (AvgIpc) is 2.33. The van der Waals surface area contributed by atoms with E-state index in [1.807, 2.05) is 6.92 Å². The largest absolute Gasteiger partial charge is 0.396 e. The minimum Gasteiger partial charge on any atom is -0.396 e. The lowest BCUT2D eigenvalue weighted by molar-refractivity contribution is -0.125. The molecule has 2 aliphatic carbocycles. The van der Waals surface area contributed by atoms with Crippen LogP contribution < -0.4 is 0 Å². The maximum absolute atomic E-state index is 10.6. The molecule has 2 rings (SSSR count). The fraction of sp³-hybridized carbons (Fsp3) is 0.867. The van der Waals surface area contributed by atoms with E-state index in [0.717, 1.165) is 31.3 Å². The number of fused-ring (bicyclic) bond motifs is 1. The van der Waals surface area contributed by atoms with Gasteiger partial charge < -0.3 is 15.3 Å². The van der Waals surface area contributed by atoms with Gasteiger partial charge in [-0.25, -0.2) is 0 Å². The monoisotopic (exact) mass is 254 g/mol. The van der Waals surface area contributed by atoms with Crippen LogP contribution >= 0.6 is 0 Å². The second-order valence-corrected chi connectivity index (χ2v) is 6.55. The van der Waals surface area contributed by atoms with Crippen LogP contribution in [0.2, 0.25) is 0 Å².